The minimum absolute atomic E-state index is 0.151. The molecule has 138 valence electrons. The second-order valence-electron chi connectivity index (χ2n) is 6.45. The van der Waals surface area contributed by atoms with E-state index in [2.05, 4.69) is 29.0 Å². The van der Waals surface area contributed by atoms with Crippen LogP contribution in [-0.2, 0) is 4.74 Å². The Kier molecular flexibility index (Phi) is 5.73. The predicted octanol–water partition coefficient (Wildman–Crippen LogP) is 3.35. The second-order valence-corrected chi connectivity index (χ2v) is 6.45. The molecule has 1 saturated heterocycles. The van der Waals surface area contributed by atoms with Crippen molar-refractivity contribution < 1.29 is 14.3 Å². The standard InChI is InChI=1S/C20H25N3O3/c1-4-25-19-10-9-16(11-21-19)20(24)22-17-7-5-6-8-18(17)23-12-14(2)26-15(3)13-23/h5-11,14-15H,4,12-13H2,1-3H3,(H,22,24). The fourth-order valence-electron chi connectivity index (χ4n) is 3.17. The van der Waals surface area contributed by atoms with E-state index in [1.165, 1.54) is 6.20 Å². The fourth-order valence-corrected chi connectivity index (χ4v) is 3.17. The number of amides is 1. The average Bonchev–Trinajstić information content (AvgIpc) is 2.62. The predicted molar refractivity (Wildman–Crippen MR) is 102 cm³/mol. The van der Waals surface area contributed by atoms with Gasteiger partial charge in [0.25, 0.3) is 5.91 Å². The lowest BCUT2D eigenvalue weighted by Gasteiger charge is -2.37. The van der Waals surface area contributed by atoms with Crippen molar-refractivity contribution in [2.24, 2.45) is 0 Å². The van der Waals surface area contributed by atoms with Crippen LogP contribution in [0.4, 0.5) is 11.4 Å². The van der Waals surface area contributed by atoms with E-state index >= 15 is 0 Å². The van der Waals surface area contributed by atoms with Crippen LogP contribution in [-0.4, -0.2) is 42.8 Å². The van der Waals surface area contributed by atoms with Gasteiger partial charge in [-0.05, 0) is 39.0 Å². The van der Waals surface area contributed by atoms with Crippen molar-refractivity contribution >= 4 is 17.3 Å². The summed E-state index contributed by atoms with van der Waals surface area (Å²) in [5, 5.41) is 3.00. The molecule has 26 heavy (non-hydrogen) atoms. The molecule has 6 heteroatoms. The maximum absolute atomic E-state index is 12.6. The zero-order valence-corrected chi connectivity index (χ0v) is 15.4. The number of morpholine rings is 1. The molecular weight excluding hydrogens is 330 g/mol. The Morgan fingerprint density at radius 1 is 1.23 bits per heavy atom. The van der Waals surface area contributed by atoms with Crippen LogP contribution >= 0.6 is 0 Å². The van der Waals surface area contributed by atoms with Crippen LogP contribution in [0.15, 0.2) is 42.6 Å². The molecule has 0 bridgehead atoms. The third-order valence-corrected chi connectivity index (χ3v) is 4.20. The topological polar surface area (TPSA) is 63.7 Å². The number of ether oxygens (including phenoxy) is 2. The summed E-state index contributed by atoms with van der Waals surface area (Å²) in [5.74, 6) is 0.322. The number of carbonyl (C=O) groups is 1. The molecule has 1 aliphatic heterocycles. The largest absolute Gasteiger partial charge is 0.478 e. The number of nitrogens with one attached hydrogen (secondary N) is 1. The van der Waals surface area contributed by atoms with E-state index < -0.39 is 0 Å². The van der Waals surface area contributed by atoms with Crippen LogP contribution in [0.5, 0.6) is 5.88 Å². The summed E-state index contributed by atoms with van der Waals surface area (Å²) < 4.78 is 11.1. The Balaban J connectivity index is 1.76. The van der Waals surface area contributed by atoms with E-state index in [1.54, 1.807) is 12.1 Å². The van der Waals surface area contributed by atoms with Gasteiger partial charge in [0, 0.05) is 25.4 Å². The number of hydrogen-bond acceptors (Lipinski definition) is 5. The summed E-state index contributed by atoms with van der Waals surface area (Å²) in [6.07, 6.45) is 1.83. The van der Waals surface area contributed by atoms with E-state index in [1.807, 2.05) is 31.2 Å². The molecule has 1 aromatic carbocycles. The van der Waals surface area contributed by atoms with E-state index in [0.29, 0.717) is 18.1 Å². The smallest absolute Gasteiger partial charge is 0.257 e. The lowest BCUT2D eigenvalue weighted by molar-refractivity contribution is -0.00517. The molecule has 2 unspecified atom stereocenters. The maximum atomic E-state index is 12.6. The SMILES string of the molecule is CCOc1ccc(C(=O)Nc2ccccc2N2CC(C)OC(C)C2)cn1. The van der Waals surface area contributed by atoms with Crippen LogP contribution in [0.25, 0.3) is 0 Å². The quantitative estimate of drug-likeness (QED) is 0.891. The first-order chi connectivity index (χ1) is 12.6. The third kappa shape index (κ3) is 4.32. The average molecular weight is 355 g/mol. The molecule has 0 spiro atoms. The maximum Gasteiger partial charge on any atom is 0.257 e. The first-order valence-corrected chi connectivity index (χ1v) is 8.96. The van der Waals surface area contributed by atoms with Crippen molar-refractivity contribution in [3.63, 3.8) is 0 Å². The van der Waals surface area contributed by atoms with Gasteiger partial charge in [-0.25, -0.2) is 4.98 Å². The van der Waals surface area contributed by atoms with Gasteiger partial charge in [0.1, 0.15) is 0 Å². The molecular formula is C20H25N3O3. The second kappa shape index (κ2) is 8.19. The monoisotopic (exact) mass is 355 g/mol. The van der Waals surface area contributed by atoms with E-state index in [-0.39, 0.29) is 18.1 Å². The van der Waals surface area contributed by atoms with Gasteiger partial charge in [0.05, 0.1) is 35.8 Å². The molecule has 0 saturated carbocycles. The number of hydrogen-bond donors (Lipinski definition) is 1. The van der Waals surface area contributed by atoms with Crippen molar-refractivity contribution in [1.82, 2.24) is 4.98 Å². The van der Waals surface area contributed by atoms with Crippen molar-refractivity contribution in [2.45, 2.75) is 33.0 Å². The summed E-state index contributed by atoms with van der Waals surface area (Å²) in [5.41, 5.74) is 2.28. The molecule has 1 fully saturated rings. The number of aromatic nitrogens is 1. The number of nitrogens with zero attached hydrogens (tertiary/aromatic N) is 2. The first kappa shape index (κ1) is 18.2. The van der Waals surface area contributed by atoms with Crippen LogP contribution < -0.4 is 15.0 Å². The summed E-state index contributed by atoms with van der Waals surface area (Å²) in [7, 11) is 0. The van der Waals surface area contributed by atoms with Gasteiger partial charge >= 0.3 is 0 Å². The minimum Gasteiger partial charge on any atom is -0.478 e. The van der Waals surface area contributed by atoms with E-state index in [4.69, 9.17) is 9.47 Å². The third-order valence-electron chi connectivity index (χ3n) is 4.20. The van der Waals surface area contributed by atoms with Crippen molar-refractivity contribution in [3.05, 3.63) is 48.2 Å². The Bertz CT molecular complexity index is 738. The highest BCUT2D eigenvalue weighted by Crippen LogP contribution is 2.29. The van der Waals surface area contributed by atoms with Crippen LogP contribution in [0.1, 0.15) is 31.1 Å². The highest BCUT2D eigenvalue weighted by atomic mass is 16.5. The van der Waals surface area contributed by atoms with Crippen molar-refractivity contribution in [3.8, 4) is 5.88 Å². The number of anilines is 2. The van der Waals surface area contributed by atoms with Gasteiger partial charge in [0.2, 0.25) is 5.88 Å². The molecule has 2 aromatic rings. The highest BCUT2D eigenvalue weighted by Gasteiger charge is 2.24. The van der Waals surface area contributed by atoms with Gasteiger partial charge in [-0.15, -0.1) is 0 Å². The minimum atomic E-state index is -0.192. The summed E-state index contributed by atoms with van der Waals surface area (Å²) in [6, 6.07) is 11.3. The first-order valence-electron chi connectivity index (χ1n) is 8.96. The zero-order chi connectivity index (χ0) is 18.5. The Labute approximate surface area is 154 Å². The van der Waals surface area contributed by atoms with Gasteiger partial charge in [-0.2, -0.15) is 0 Å². The number of carbonyl (C=O) groups excluding carboxylic acids is 1. The number of pyridine rings is 1. The van der Waals surface area contributed by atoms with Crippen LogP contribution in [0.3, 0.4) is 0 Å². The number of para-hydroxylation sites is 2. The molecule has 1 N–H and O–H groups in total. The van der Waals surface area contributed by atoms with Crippen molar-refractivity contribution in [1.29, 1.82) is 0 Å². The molecule has 3 rings (SSSR count). The van der Waals surface area contributed by atoms with E-state index in [0.717, 1.165) is 24.5 Å². The van der Waals surface area contributed by atoms with Gasteiger partial charge in [0.15, 0.2) is 0 Å². The molecule has 1 amide bonds. The lowest BCUT2D eigenvalue weighted by atomic mass is 10.1. The number of benzene rings is 1. The molecule has 0 radical (unpaired) electrons. The summed E-state index contributed by atoms with van der Waals surface area (Å²) in [4.78, 5) is 19.0. The normalized spacial score (nSPS) is 19.9. The summed E-state index contributed by atoms with van der Waals surface area (Å²) in [6.45, 7) is 8.16. The van der Waals surface area contributed by atoms with E-state index in [9.17, 15) is 4.79 Å². The van der Waals surface area contributed by atoms with Gasteiger partial charge in [-0.1, -0.05) is 12.1 Å². The molecule has 2 atom stereocenters. The Morgan fingerprint density at radius 2 is 1.96 bits per heavy atom. The van der Waals surface area contributed by atoms with Gasteiger partial charge < -0.3 is 19.7 Å². The number of rotatable bonds is 5. The lowest BCUT2D eigenvalue weighted by Crippen LogP contribution is -2.45. The summed E-state index contributed by atoms with van der Waals surface area (Å²) >= 11 is 0. The van der Waals surface area contributed by atoms with Crippen LogP contribution in [0.2, 0.25) is 0 Å². The Hall–Kier alpha value is -2.60. The van der Waals surface area contributed by atoms with Crippen LogP contribution in [0, 0.1) is 0 Å². The highest BCUT2D eigenvalue weighted by molar-refractivity contribution is 6.05. The molecule has 1 aromatic heterocycles. The van der Waals surface area contributed by atoms with Gasteiger partial charge in [-0.3, -0.25) is 4.79 Å². The Morgan fingerprint density at radius 3 is 2.62 bits per heavy atom. The zero-order valence-electron chi connectivity index (χ0n) is 15.4. The molecule has 0 aliphatic carbocycles. The van der Waals surface area contributed by atoms with Crippen molar-refractivity contribution in [2.75, 3.05) is 29.9 Å². The molecule has 2 heterocycles. The fraction of sp³-hybridized carbons (Fsp3) is 0.400. The molecule has 1 aliphatic rings. The molecule has 6 nitrogen and oxygen atoms in total.